The second-order valence-electron chi connectivity index (χ2n) is 4.67. The Hall–Kier alpha value is -0.330. The van der Waals surface area contributed by atoms with Gasteiger partial charge in [-0.15, -0.1) is 0 Å². The van der Waals surface area contributed by atoms with Crippen molar-refractivity contribution in [3.05, 3.63) is 6.92 Å². The molecule has 0 amide bonds. The summed E-state index contributed by atoms with van der Waals surface area (Å²) in [7, 11) is 0. The number of Topliss-reactive ketones (excluding diaryl/α,β-unsaturated/α-hetero) is 1. The molecule has 2 saturated carbocycles. The van der Waals surface area contributed by atoms with Crippen LogP contribution in [0.4, 0.5) is 0 Å². The molecule has 2 bridgehead atoms. The highest BCUT2D eigenvalue weighted by Crippen LogP contribution is 2.63. The number of rotatable bonds is 0. The zero-order valence-electron chi connectivity index (χ0n) is 7.31. The molecule has 0 spiro atoms. The summed E-state index contributed by atoms with van der Waals surface area (Å²) in [6.45, 7) is 8.51. The largest absolute Gasteiger partial charge is 0.299 e. The van der Waals surface area contributed by atoms with Gasteiger partial charge in [-0.05, 0) is 31.1 Å². The maximum absolute atomic E-state index is 11.5. The molecule has 0 saturated heterocycles. The second kappa shape index (κ2) is 1.70. The Bertz CT molecular complexity index is 217. The van der Waals surface area contributed by atoms with Gasteiger partial charge in [0.15, 0.2) is 0 Å². The van der Waals surface area contributed by atoms with Crippen LogP contribution >= 0.6 is 0 Å². The summed E-state index contributed by atoms with van der Waals surface area (Å²) in [6, 6.07) is 0. The first-order valence-electron chi connectivity index (χ1n) is 4.37. The van der Waals surface area contributed by atoms with Gasteiger partial charge in [0, 0.05) is 11.8 Å². The average molecular weight is 151 g/mol. The van der Waals surface area contributed by atoms with Crippen molar-refractivity contribution in [1.82, 2.24) is 0 Å². The quantitative estimate of drug-likeness (QED) is 0.519. The maximum atomic E-state index is 11.5. The van der Waals surface area contributed by atoms with Gasteiger partial charge >= 0.3 is 0 Å². The number of hydrogen-bond donors (Lipinski definition) is 0. The standard InChI is InChI=1S/C10H15O/c1-9(2)7-4-5-10(9,3)8(11)6-7/h7H,3-6H2,1-2H3/t7?,10-/m0/s1. The third kappa shape index (κ3) is 0.605. The number of fused-ring (bicyclic) bond motifs is 2. The Morgan fingerprint density at radius 2 is 2.18 bits per heavy atom. The van der Waals surface area contributed by atoms with Crippen molar-refractivity contribution in [3.8, 4) is 0 Å². The van der Waals surface area contributed by atoms with Crippen molar-refractivity contribution in [1.29, 1.82) is 0 Å². The SMILES string of the molecule is [CH2][C@]12CCC(CC1=O)C2(C)C. The molecule has 2 aliphatic rings. The van der Waals surface area contributed by atoms with Crippen LogP contribution in [0.1, 0.15) is 33.1 Å². The first kappa shape index (κ1) is 7.33. The minimum Gasteiger partial charge on any atom is -0.299 e. The lowest BCUT2D eigenvalue weighted by Gasteiger charge is -2.32. The van der Waals surface area contributed by atoms with Gasteiger partial charge in [-0.2, -0.15) is 0 Å². The Balaban J connectivity index is 2.47. The molecule has 0 heterocycles. The van der Waals surface area contributed by atoms with Crippen molar-refractivity contribution < 1.29 is 4.79 Å². The maximum Gasteiger partial charge on any atom is 0.139 e. The molecule has 0 N–H and O–H groups in total. The Kier molecular flexibility index (Phi) is 1.13. The lowest BCUT2D eigenvalue weighted by Crippen LogP contribution is -2.32. The van der Waals surface area contributed by atoms with Gasteiger partial charge in [0.05, 0.1) is 0 Å². The number of hydrogen-bond acceptors (Lipinski definition) is 1. The van der Waals surface area contributed by atoms with Crippen molar-refractivity contribution in [2.24, 2.45) is 16.7 Å². The van der Waals surface area contributed by atoms with Crippen LogP contribution in [0.15, 0.2) is 0 Å². The van der Waals surface area contributed by atoms with Crippen LogP contribution in [0, 0.1) is 23.7 Å². The molecular weight excluding hydrogens is 136 g/mol. The summed E-state index contributed by atoms with van der Waals surface area (Å²) in [5.41, 5.74) is -0.0538. The van der Waals surface area contributed by atoms with Crippen LogP contribution in [-0.2, 0) is 4.79 Å². The molecule has 1 nitrogen and oxygen atoms in total. The summed E-state index contributed by atoms with van der Waals surface area (Å²) in [5, 5.41) is 0. The molecule has 61 valence electrons. The van der Waals surface area contributed by atoms with Gasteiger partial charge < -0.3 is 0 Å². The normalized spacial score (nSPS) is 46.8. The lowest BCUT2D eigenvalue weighted by molar-refractivity contribution is -0.126. The predicted octanol–water partition coefficient (Wildman–Crippen LogP) is 2.22. The monoisotopic (exact) mass is 151 g/mol. The van der Waals surface area contributed by atoms with Crippen molar-refractivity contribution in [2.75, 3.05) is 0 Å². The molecule has 0 aliphatic heterocycles. The molecule has 2 rings (SSSR count). The summed E-state index contributed by atoms with van der Waals surface area (Å²) in [4.78, 5) is 11.5. The molecule has 1 radical (unpaired) electrons. The molecular formula is C10H15O. The smallest absolute Gasteiger partial charge is 0.139 e. The van der Waals surface area contributed by atoms with Crippen molar-refractivity contribution in [2.45, 2.75) is 33.1 Å². The zero-order valence-corrected chi connectivity index (χ0v) is 7.31. The van der Waals surface area contributed by atoms with E-state index in [1.165, 1.54) is 6.42 Å². The van der Waals surface area contributed by atoms with E-state index in [4.69, 9.17) is 0 Å². The van der Waals surface area contributed by atoms with E-state index in [0.29, 0.717) is 11.7 Å². The number of ketones is 1. The highest BCUT2D eigenvalue weighted by Gasteiger charge is 2.61. The van der Waals surface area contributed by atoms with Crippen molar-refractivity contribution in [3.63, 3.8) is 0 Å². The minimum absolute atomic E-state index is 0.171. The van der Waals surface area contributed by atoms with E-state index in [-0.39, 0.29) is 10.8 Å². The van der Waals surface area contributed by atoms with E-state index in [0.717, 1.165) is 12.8 Å². The van der Waals surface area contributed by atoms with Gasteiger partial charge in [-0.1, -0.05) is 13.8 Å². The molecule has 1 unspecified atom stereocenters. The fourth-order valence-electron chi connectivity index (χ4n) is 2.77. The minimum atomic E-state index is -0.225. The molecule has 0 aromatic heterocycles. The highest BCUT2D eigenvalue weighted by atomic mass is 16.1. The Morgan fingerprint density at radius 1 is 1.55 bits per heavy atom. The molecule has 0 aromatic carbocycles. The Morgan fingerprint density at radius 3 is 2.36 bits per heavy atom. The molecule has 1 heteroatoms. The predicted molar refractivity (Wildman–Crippen MR) is 43.9 cm³/mol. The third-order valence-corrected chi connectivity index (χ3v) is 4.14. The van der Waals surface area contributed by atoms with E-state index in [1.807, 2.05) is 0 Å². The molecule has 2 atom stereocenters. The van der Waals surface area contributed by atoms with Gasteiger partial charge in [-0.3, -0.25) is 4.79 Å². The Labute approximate surface area is 68.2 Å². The molecule has 0 aromatic rings. The number of carbonyl (C=O) groups is 1. The van der Waals surface area contributed by atoms with E-state index >= 15 is 0 Å². The fourth-order valence-corrected chi connectivity index (χ4v) is 2.77. The highest BCUT2D eigenvalue weighted by molar-refractivity contribution is 5.90. The van der Waals surface area contributed by atoms with Crippen LogP contribution in [-0.4, -0.2) is 5.78 Å². The van der Waals surface area contributed by atoms with Gasteiger partial charge in [0.2, 0.25) is 0 Å². The molecule has 11 heavy (non-hydrogen) atoms. The van der Waals surface area contributed by atoms with Crippen LogP contribution < -0.4 is 0 Å². The van der Waals surface area contributed by atoms with Crippen LogP contribution in [0.3, 0.4) is 0 Å². The summed E-state index contributed by atoms with van der Waals surface area (Å²) in [5.74, 6) is 1.02. The molecule has 2 fully saturated rings. The first-order valence-corrected chi connectivity index (χ1v) is 4.37. The zero-order chi connectivity index (χ0) is 8.28. The topological polar surface area (TPSA) is 17.1 Å². The summed E-state index contributed by atoms with van der Waals surface area (Å²) < 4.78 is 0. The van der Waals surface area contributed by atoms with E-state index in [2.05, 4.69) is 20.8 Å². The first-order chi connectivity index (χ1) is 4.98. The fraction of sp³-hybridized carbons (Fsp3) is 0.800. The lowest BCUT2D eigenvalue weighted by atomic mass is 9.70. The molecule has 2 aliphatic carbocycles. The van der Waals surface area contributed by atoms with Gasteiger partial charge in [-0.25, -0.2) is 0 Å². The van der Waals surface area contributed by atoms with Gasteiger partial charge in [0.1, 0.15) is 5.78 Å². The van der Waals surface area contributed by atoms with E-state index < -0.39 is 0 Å². The van der Waals surface area contributed by atoms with Crippen LogP contribution in [0.5, 0.6) is 0 Å². The number of carbonyl (C=O) groups excluding carboxylic acids is 1. The van der Waals surface area contributed by atoms with Crippen LogP contribution in [0.25, 0.3) is 0 Å². The van der Waals surface area contributed by atoms with Crippen molar-refractivity contribution >= 4 is 5.78 Å². The second-order valence-corrected chi connectivity index (χ2v) is 4.67. The van der Waals surface area contributed by atoms with E-state index in [1.54, 1.807) is 0 Å². The average Bonchev–Trinajstić information content (AvgIpc) is 2.20. The summed E-state index contributed by atoms with van der Waals surface area (Å²) >= 11 is 0. The van der Waals surface area contributed by atoms with Crippen LogP contribution in [0.2, 0.25) is 0 Å². The van der Waals surface area contributed by atoms with Gasteiger partial charge in [0.25, 0.3) is 0 Å². The summed E-state index contributed by atoms with van der Waals surface area (Å²) in [6.07, 6.45) is 3.02. The third-order valence-electron chi connectivity index (χ3n) is 4.14. The van der Waals surface area contributed by atoms with E-state index in [9.17, 15) is 4.79 Å².